The van der Waals surface area contributed by atoms with Gasteiger partial charge in [0.2, 0.25) is 0 Å². The van der Waals surface area contributed by atoms with Crippen LogP contribution in [0, 0.1) is 0 Å². The largest absolute Gasteiger partial charge is 0.394 e. The van der Waals surface area contributed by atoms with Crippen molar-refractivity contribution in [1.82, 2.24) is 0 Å². The summed E-state index contributed by atoms with van der Waals surface area (Å²) in [6.07, 6.45) is 9.35. The molecule has 8 nitrogen and oxygen atoms in total. The van der Waals surface area contributed by atoms with Crippen LogP contribution >= 0.6 is 0 Å². The average molecular weight is 623 g/mol. The van der Waals surface area contributed by atoms with E-state index >= 15 is 0 Å². The summed E-state index contributed by atoms with van der Waals surface area (Å²) in [5.74, 6) is 0. The third kappa shape index (κ3) is 12.8. The van der Waals surface area contributed by atoms with Gasteiger partial charge in [-0.1, -0.05) is 46.6 Å². The van der Waals surface area contributed by atoms with Crippen LogP contribution in [0.1, 0.15) is 120 Å². The van der Waals surface area contributed by atoms with E-state index in [1.807, 2.05) is 0 Å². The summed E-state index contributed by atoms with van der Waals surface area (Å²) in [5.41, 5.74) is 3.77. The third-order valence-electron chi connectivity index (χ3n) is 9.03. The zero-order valence-electron chi connectivity index (χ0n) is 28.6. The molecule has 2 aliphatic heterocycles. The maximum atomic E-state index is 11.6. The van der Waals surface area contributed by atoms with Gasteiger partial charge in [-0.2, -0.15) is 0 Å². The van der Waals surface area contributed by atoms with Crippen LogP contribution in [0.3, 0.4) is 0 Å². The van der Waals surface area contributed by atoms with Crippen LogP contribution in [-0.4, -0.2) is 86.3 Å². The van der Waals surface area contributed by atoms with Crippen molar-refractivity contribution in [2.24, 2.45) is 0 Å². The highest BCUT2D eigenvalue weighted by Crippen LogP contribution is 2.44. The average Bonchev–Trinajstić information content (AvgIpc) is 3.59. The van der Waals surface area contributed by atoms with Crippen LogP contribution in [-0.2, 0) is 14.2 Å². The van der Waals surface area contributed by atoms with Gasteiger partial charge in [-0.25, -0.2) is 0 Å². The van der Waals surface area contributed by atoms with Crippen LogP contribution in [0.5, 0.6) is 0 Å². The first kappa shape index (κ1) is 38.8. The van der Waals surface area contributed by atoms with E-state index < -0.39 is 49.0 Å². The second-order valence-corrected chi connectivity index (χ2v) is 14.0. The summed E-state index contributed by atoms with van der Waals surface area (Å²) in [7, 11) is 0. The normalized spacial score (nSPS) is 31.3. The van der Waals surface area contributed by atoms with E-state index in [4.69, 9.17) is 14.2 Å². The third-order valence-corrected chi connectivity index (χ3v) is 9.03. The lowest BCUT2D eigenvalue weighted by Gasteiger charge is -2.43. The van der Waals surface area contributed by atoms with Gasteiger partial charge in [0, 0.05) is 0 Å². The topological polar surface area (TPSA) is 132 Å². The Labute approximate surface area is 266 Å². The fourth-order valence-corrected chi connectivity index (χ4v) is 5.80. The summed E-state index contributed by atoms with van der Waals surface area (Å²) in [6.45, 7) is 16.0. The van der Waals surface area contributed by atoms with Gasteiger partial charge in [0.15, 0.2) is 6.29 Å². The number of allylic oxidation sites excluding steroid dienone is 8. The molecule has 0 aromatic heterocycles. The first-order valence-corrected chi connectivity index (χ1v) is 16.5. The SMILES string of the molecule is CC(C)=CCC/C(C)=C/CC[C@](C)(O)[C@H](CC[C@H]1O[C@]1(C)CC/C=C(\C)CCC=C(C)C)O[C@@H]1O[C@H](CO)[C@@H](O)[C@@H](O)[C@H]1O. The molecule has 2 heterocycles. The summed E-state index contributed by atoms with van der Waals surface area (Å²) in [4.78, 5) is 0. The number of ether oxygens (including phenoxy) is 3. The van der Waals surface area contributed by atoms with Crippen LogP contribution in [0.15, 0.2) is 46.6 Å². The van der Waals surface area contributed by atoms with Gasteiger partial charge >= 0.3 is 0 Å². The molecule has 2 rings (SSSR count). The molecular weight excluding hydrogens is 560 g/mol. The first-order chi connectivity index (χ1) is 20.6. The van der Waals surface area contributed by atoms with Crippen LogP contribution in [0.4, 0.5) is 0 Å². The molecule has 2 aliphatic rings. The fourth-order valence-electron chi connectivity index (χ4n) is 5.80. The standard InChI is InChI=1S/C36H62O8/c1-24(2)13-9-15-26(5)17-11-21-35(7,41)29(43-34-33(40)32(39)31(38)28(23-37)42-34)19-20-30-36(8,44-30)22-12-18-27(6)16-10-14-25(3)4/h13-14,17-18,28-34,37-41H,9-12,15-16,19-23H2,1-8H3/b26-17+,27-18+/t28-,29+,30-,31-,32-,33-,34+,35+,36-/m1/s1. The quantitative estimate of drug-likeness (QED) is 0.0902. The van der Waals surface area contributed by atoms with E-state index in [-0.39, 0.29) is 11.7 Å². The molecule has 0 aromatic rings. The van der Waals surface area contributed by atoms with Gasteiger partial charge in [0.1, 0.15) is 24.4 Å². The Kier molecular flexibility index (Phi) is 16.0. The molecule has 44 heavy (non-hydrogen) atoms. The molecule has 0 radical (unpaired) electrons. The summed E-state index contributed by atoms with van der Waals surface area (Å²) in [5, 5.41) is 52.4. The Morgan fingerprint density at radius 3 is 1.95 bits per heavy atom. The van der Waals surface area contributed by atoms with Gasteiger partial charge in [0.05, 0.1) is 30.0 Å². The molecule has 9 atom stereocenters. The van der Waals surface area contributed by atoms with Crippen molar-refractivity contribution in [3.63, 3.8) is 0 Å². The molecule has 8 heteroatoms. The highest BCUT2D eigenvalue weighted by atomic mass is 16.7. The molecule has 2 saturated heterocycles. The number of epoxide rings is 1. The lowest BCUT2D eigenvalue weighted by molar-refractivity contribution is -0.323. The van der Waals surface area contributed by atoms with Gasteiger partial charge in [-0.3, -0.25) is 0 Å². The zero-order chi connectivity index (χ0) is 33.1. The molecule has 254 valence electrons. The monoisotopic (exact) mass is 622 g/mol. The summed E-state index contributed by atoms with van der Waals surface area (Å²) < 4.78 is 17.9. The fraction of sp³-hybridized carbons (Fsp3) is 0.778. The number of rotatable bonds is 19. The highest BCUT2D eigenvalue weighted by Gasteiger charge is 2.52. The lowest BCUT2D eigenvalue weighted by Crippen LogP contribution is -2.60. The van der Waals surface area contributed by atoms with E-state index in [0.717, 1.165) is 38.5 Å². The molecule has 5 N–H and O–H groups in total. The number of hydrogen-bond donors (Lipinski definition) is 5. The summed E-state index contributed by atoms with van der Waals surface area (Å²) >= 11 is 0. The molecule has 0 amide bonds. The van der Waals surface area contributed by atoms with E-state index in [1.165, 1.54) is 22.3 Å². The van der Waals surface area contributed by atoms with E-state index in [2.05, 4.69) is 72.8 Å². The molecule has 0 unspecified atom stereocenters. The lowest BCUT2D eigenvalue weighted by atomic mass is 9.87. The van der Waals surface area contributed by atoms with Crippen molar-refractivity contribution >= 4 is 0 Å². The Morgan fingerprint density at radius 2 is 1.41 bits per heavy atom. The Hall–Kier alpha value is -1.36. The molecule has 2 fully saturated rings. The predicted molar refractivity (Wildman–Crippen MR) is 175 cm³/mol. The molecular formula is C36H62O8. The molecule has 0 bridgehead atoms. The van der Waals surface area contributed by atoms with Crippen LogP contribution in [0.2, 0.25) is 0 Å². The Bertz CT molecular complexity index is 988. The van der Waals surface area contributed by atoms with Gasteiger partial charge in [0.25, 0.3) is 0 Å². The minimum Gasteiger partial charge on any atom is -0.394 e. The second-order valence-electron chi connectivity index (χ2n) is 14.0. The maximum Gasteiger partial charge on any atom is 0.187 e. The predicted octanol–water partition coefficient (Wildman–Crippen LogP) is 5.81. The van der Waals surface area contributed by atoms with Crippen molar-refractivity contribution in [2.45, 2.75) is 174 Å². The summed E-state index contributed by atoms with van der Waals surface area (Å²) in [6, 6.07) is 0. The Balaban J connectivity index is 2.04. The van der Waals surface area contributed by atoms with Crippen molar-refractivity contribution in [2.75, 3.05) is 6.61 Å². The molecule has 0 aliphatic carbocycles. The van der Waals surface area contributed by atoms with Gasteiger partial charge < -0.3 is 39.7 Å². The zero-order valence-corrected chi connectivity index (χ0v) is 28.6. The van der Waals surface area contributed by atoms with E-state index in [9.17, 15) is 25.5 Å². The van der Waals surface area contributed by atoms with Crippen molar-refractivity contribution < 1.29 is 39.7 Å². The smallest absolute Gasteiger partial charge is 0.187 e. The van der Waals surface area contributed by atoms with Gasteiger partial charge in [-0.05, 0) is 120 Å². The van der Waals surface area contributed by atoms with Crippen LogP contribution in [0.25, 0.3) is 0 Å². The van der Waals surface area contributed by atoms with Gasteiger partial charge in [-0.15, -0.1) is 0 Å². The second kappa shape index (κ2) is 18.1. The van der Waals surface area contributed by atoms with Crippen molar-refractivity contribution in [3.8, 4) is 0 Å². The minimum absolute atomic E-state index is 0.0239. The maximum absolute atomic E-state index is 11.6. The number of aliphatic hydroxyl groups is 5. The van der Waals surface area contributed by atoms with Crippen molar-refractivity contribution in [1.29, 1.82) is 0 Å². The van der Waals surface area contributed by atoms with Crippen LogP contribution < -0.4 is 0 Å². The number of aliphatic hydroxyl groups excluding tert-OH is 4. The number of hydrogen-bond acceptors (Lipinski definition) is 8. The van der Waals surface area contributed by atoms with Crippen molar-refractivity contribution in [3.05, 3.63) is 46.6 Å². The molecule has 0 saturated carbocycles. The minimum atomic E-state index is -1.54. The van der Waals surface area contributed by atoms with E-state index in [0.29, 0.717) is 25.7 Å². The first-order valence-electron chi connectivity index (χ1n) is 16.5. The highest BCUT2D eigenvalue weighted by molar-refractivity contribution is 5.06. The van der Waals surface area contributed by atoms with E-state index in [1.54, 1.807) is 6.92 Å². The molecule has 0 spiro atoms. The molecule has 0 aromatic carbocycles. The Morgan fingerprint density at radius 1 is 0.841 bits per heavy atom.